The van der Waals surface area contributed by atoms with Gasteiger partial charge in [-0.2, -0.15) is 0 Å². The van der Waals surface area contributed by atoms with Crippen LogP contribution in [0, 0.1) is 11.8 Å². The quantitative estimate of drug-likeness (QED) is 0.888. The van der Waals surface area contributed by atoms with Crippen LogP contribution >= 0.6 is 11.6 Å². The lowest BCUT2D eigenvalue weighted by atomic mass is 9.91. The SMILES string of the molecule is CC1CC(C(=O)O)CN(C(=O)Nc2cc(Cl)ccc2N(C)C)C1. The number of benzene rings is 1. The van der Waals surface area contributed by atoms with Gasteiger partial charge in [-0.3, -0.25) is 4.79 Å². The zero-order chi connectivity index (χ0) is 17.1. The Morgan fingerprint density at radius 2 is 2.04 bits per heavy atom. The van der Waals surface area contributed by atoms with E-state index in [0.717, 1.165) is 5.69 Å². The first-order valence-electron chi connectivity index (χ1n) is 7.53. The number of likely N-dealkylation sites (tertiary alicyclic amines) is 1. The summed E-state index contributed by atoms with van der Waals surface area (Å²) in [6.07, 6.45) is 0.596. The molecule has 126 valence electrons. The van der Waals surface area contributed by atoms with E-state index in [1.54, 1.807) is 17.0 Å². The van der Waals surface area contributed by atoms with Crippen LogP contribution in [0.3, 0.4) is 0 Å². The molecule has 2 amide bonds. The zero-order valence-corrected chi connectivity index (χ0v) is 14.3. The summed E-state index contributed by atoms with van der Waals surface area (Å²) in [6, 6.07) is 4.98. The van der Waals surface area contributed by atoms with E-state index in [4.69, 9.17) is 11.6 Å². The average Bonchev–Trinajstić information content (AvgIpc) is 2.46. The molecule has 1 aliphatic heterocycles. The van der Waals surface area contributed by atoms with Crippen LogP contribution in [0.2, 0.25) is 5.02 Å². The van der Waals surface area contributed by atoms with Gasteiger partial charge in [0.25, 0.3) is 0 Å². The lowest BCUT2D eigenvalue weighted by Crippen LogP contribution is -2.47. The summed E-state index contributed by atoms with van der Waals surface area (Å²) in [7, 11) is 3.75. The number of carbonyl (C=O) groups is 2. The van der Waals surface area contributed by atoms with Crippen molar-refractivity contribution in [3.63, 3.8) is 0 Å². The molecule has 1 heterocycles. The predicted molar refractivity (Wildman–Crippen MR) is 91.3 cm³/mol. The summed E-state index contributed by atoms with van der Waals surface area (Å²) in [4.78, 5) is 27.2. The molecule has 1 aromatic rings. The Labute approximate surface area is 141 Å². The molecule has 0 spiro atoms. The fourth-order valence-electron chi connectivity index (χ4n) is 2.89. The first kappa shape index (κ1) is 17.4. The lowest BCUT2D eigenvalue weighted by molar-refractivity contribution is -0.143. The molecular formula is C16H22ClN3O3. The molecule has 1 saturated heterocycles. The second-order valence-electron chi connectivity index (χ2n) is 6.27. The Morgan fingerprint density at radius 3 is 2.65 bits per heavy atom. The van der Waals surface area contributed by atoms with Gasteiger partial charge in [-0.15, -0.1) is 0 Å². The van der Waals surface area contributed by atoms with Gasteiger partial charge in [-0.1, -0.05) is 18.5 Å². The van der Waals surface area contributed by atoms with Crippen molar-refractivity contribution in [1.82, 2.24) is 4.90 Å². The largest absolute Gasteiger partial charge is 0.481 e. The van der Waals surface area contributed by atoms with Crippen LogP contribution in [-0.2, 0) is 4.79 Å². The Balaban J connectivity index is 2.15. The molecule has 2 unspecified atom stereocenters. The fourth-order valence-corrected chi connectivity index (χ4v) is 3.06. The lowest BCUT2D eigenvalue weighted by Gasteiger charge is -2.34. The van der Waals surface area contributed by atoms with Gasteiger partial charge < -0.3 is 20.2 Å². The molecule has 2 N–H and O–H groups in total. The molecule has 0 radical (unpaired) electrons. The highest BCUT2D eigenvalue weighted by Gasteiger charge is 2.32. The third kappa shape index (κ3) is 4.28. The van der Waals surface area contributed by atoms with Gasteiger partial charge >= 0.3 is 12.0 Å². The van der Waals surface area contributed by atoms with Crippen molar-refractivity contribution in [1.29, 1.82) is 0 Å². The third-order valence-corrected chi connectivity index (χ3v) is 4.21. The second kappa shape index (κ2) is 7.08. The van der Waals surface area contributed by atoms with Crippen LogP contribution in [-0.4, -0.2) is 49.2 Å². The number of anilines is 2. The highest BCUT2D eigenvalue weighted by Crippen LogP contribution is 2.29. The molecule has 0 aliphatic carbocycles. The first-order chi connectivity index (χ1) is 10.8. The Hall–Kier alpha value is -1.95. The fraction of sp³-hybridized carbons (Fsp3) is 0.500. The van der Waals surface area contributed by atoms with Gasteiger partial charge in [0.05, 0.1) is 17.3 Å². The smallest absolute Gasteiger partial charge is 0.321 e. The first-order valence-corrected chi connectivity index (χ1v) is 7.91. The molecule has 1 fully saturated rings. The van der Waals surface area contributed by atoms with E-state index in [2.05, 4.69) is 5.32 Å². The van der Waals surface area contributed by atoms with Crippen LogP contribution < -0.4 is 10.2 Å². The number of amides is 2. The van der Waals surface area contributed by atoms with E-state index in [9.17, 15) is 14.7 Å². The summed E-state index contributed by atoms with van der Waals surface area (Å²) in [5.74, 6) is -1.22. The van der Waals surface area contributed by atoms with E-state index < -0.39 is 11.9 Å². The Morgan fingerprint density at radius 1 is 1.35 bits per heavy atom. The number of halogens is 1. The van der Waals surface area contributed by atoms with Crippen LogP contribution in [0.5, 0.6) is 0 Å². The van der Waals surface area contributed by atoms with Crippen molar-refractivity contribution < 1.29 is 14.7 Å². The number of aliphatic carboxylic acids is 1. The summed E-state index contributed by atoms with van der Waals surface area (Å²) in [5, 5.41) is 12.6. The summed E-state index contributed by atoms with van der Waals surface area (Å²) in [5.41, 5.74) is 1.44. The molecule has 1 aliphatic rings. The highest BCUT2D eigenvalue weighted by molar-refractivity contribution is 6.31. The van der Waals surface area contributed by atoms with Gasteiger partial charge in [-0.05, 0) is 30.5 Å². The number of hydrogen-bond donors (Lipinski definition) is 2. The van der Waals surface area contributed by atoms with Gasteiger partial charge in [0.2, 0.25) is 0 Å². The Bertz CT molecular complexity index is 606. The van der Waals surface area contributed by atoms with Gasteiger partial charge in [0.1, 0.15) is 0 Å². The van der Waals surface area contributed by atoms with Crippen molar-refractivity contribution in [3.05, 3.63) is 23.2 Å². The number of rotatable bonds is 3. The summed E-state index contributed by atoms with van der Waals surface area (Å²) >= 11 is 6.02. The average molecular weight is 340 g/mol. The number of hydrogen-bond acceptors (Lipinski definition) is 3. The van der Waals surface area contributed by atoms with Crippen LogP contribution in [0.25, 0.3) is 0 Å². The van der Waals surface area contributed by atoms with Crippen molar-refractivity contribution >= 4 is 35.0 Å². The van der Waals surface area contributed by atoms with Gasteiger partial charge in [0.15, 0.2) is 0 Å². The van der Waals surface area contributed by atoms with Crippen LogP contribution in [0.4, 0.5) is 16.2 Å². The minimum absolute atomic E-state index is 0.156. The number of carboxylic acid groups (broad SMARTS) is 1. The molecule has 0 saturated carbocycles. The topological polar surface area (TPSA) is 72.9 Å². The number of carboxylic acids is 1. The van der Waals surface area contributed by atoms with Crippen molar-refractivity contribution in [2.24, 2.45) is 11.8 Å². The van der Waals surface area contributed by atoms with Crippen LogP contribution in [0.15, 0.2) is 18.2 Å². The van der Waals surface area contributed by atoms with E-state index in [-0.39, 0.29) is 18.5 Å². The minimum Gasteiger partial charge on any atom is -0.481 e. The molecule has 0 bridgehead atoms. The molecule has 0 aromatic heterocycles. The van der Waals surface area contributed by atoms with Gasteiger partial charge in [-0.25, -0.2) is 4.79 Å². The molecule has 2 rings (SSSR count). The van der Waals surface area contributed by atoms with Gasteiger partial charge in [0, 0.05) is 32.2 Å². The molecule has 2 atom stereocenters. The van der Waals surface area contributed by atoms with Crippen molar-refractivity contribution in [2.75, 3.05) is 37.4 Å². The maximum atomic E-state index is 12.5. The molecule has 7 heteroatoms. The van der Waals surface area contributed by atoms with Crippen LogP contribution in [0.1, 0.15) is 13.3 Å². The second-order valence-corrected chi connectivity index (χ2v) is 6.70. The molecule has 23 heavy (non-hydrogen) atoms. The summed E-state index contributed by atoms with van der Waals surface area (Å²) < 4.78 is 0. The maximum absolute atomic E-state index is 12.5. The van der Waals surface area contributed by atoms with Crippen molar-refractivity contribution in [3.8, 4) is 0 Å². The standard InChI is InChI=1S/C16H22ClN3O3/c1-10-6-11(15(21)22)9-20(8-10)16(23)18-13-7-12(17)4-5-14(13)19(2)3/h4-5,7,10-11H,6,8-9H2,1-3H3,(H,18,23)(H,21,22). The molecule has 6 nitrogen and oxygen atoms in total. The number of nitrogens with zero attached hydrogens (tertiary/aromatic N) is 2. The highest BCUT2D eigenvalue weighted by atomic mass is 35.5. The van der Waals surface area contributed by atoms with E-state index in [0.29, 0.717) is 23.7 Å². The third-order valence-electron chi connectivity index (χ3n) is 3.98. The Kier molecular flexibility index (Phi) is 5.36. The predicted octanol–water partition coefficient (Wildman–Crippen LogP) is 2.98. The minimum atomic E-state index is -0.855. The molecule has 1 aromatic carbocycles. The number of urea groups is 1. The van der Waals surface area contributed by atoms with E-state index >= 15 is 0 Å². The van der Waals surface area contributed by atoms with E-state index in [1.165, 1.54) is 0 Å². The normalized spacial score (nSPS) is 21.0. The van der Waals surface area contributed by atoms with E-state index in [1.807, 2.05) is 32.0 Å². The molecular weight excluding hydrogens is 318 g/mol. The number of nitrogens with one attached hydrogen (secondary N) is 1. The summed E-state index contributed by atoms with van der Waals surface area (Å²) in [6.45, 7) is 2.73. The zero-order valence-electron chi connectivity index (χ0n) is 13.5. The number of carbonyl (C=O) groups excluding carboxylic acids is 1. The number of piperidine rings is 1. The monoisotopic (exact) mass is 339 g/mol. The maximum Gasteiger partial charge on any atom is 0.321 e. The van der Waals surface area contributed by atoms with Crippen molar-refractivity contribution in [2.45, 2.75) is 13.3 Å².